The minimum absolute atomic E-state index is 0.0180. The summed E-state index contributed by atoms with van der Waals surface area (Å²) in [5.74, 6) is -1.04. The normalized spacial score (nSPS) is 20.6. The van der Waals surface area contributed by atoms with Crippen LogP contribution in [0.1, 0.15) is 0 Å². The highest BCUT2D eigenvalue weighted by molar-refractivity contribution is 5.92. The number of aromatic nitrogens is 1. The minimum atomic E-state index is -0.659. The van der Waals surface area contributed by atoms with Gasteiger partial charge in [-0.1, -0.05) is 6.07 Å². The van der Waals surface area contributed by atoms with Crippen molar-refractivity contribution in [2.75, 3.05) is 25.0 Å². The van der Waals surface area contributed by atoms with Gasteiger partial charge in [0.05, 0.1) is 24.0 Å². The number of nitrogens with two attached hydrogens (primary N) is 1. The number of likely N-dealkylation sites (tertiary alicyclic amines) is 1. The number of aliphatic hydroxyl groups is 1. The van der Waals surface area contributed by atoms with E-state index in [0.29, 0.717) is 18.8 Å². The highest BCUT2D eigenvalue weighted by atomic mass is 19.1. The summed E-state index contributed by atoms with van der Waals surface area (Å²) in [4.78, 5) is 25.5. The molecule has 1 aromatic carbocycles. The molecule has 2 heterocycles. The number of hydrogen-bond donors (Lipinski definition) is 3. The molecule has 7 nitrogen and oxygen atoms in total. The van der Waals surface area contributed by atoms with Gasteiger partial charge in [-0.25, -0.2) is 4.39 Å². The molecule has 1 aromatic heterocycles. The standard InChI is InChI=1S/C17H19FN4O3/c18-12-7-11(22-6-2-1-3-17(22)25)4-5-14(12)20-16(24)10-21-8-13(19)15(23)9-21/h1-7,13,15,23H,8-10,19H2,(H,20,24)/t13-,15-/m0/s1. The Hall–Kier alpha value is -2.55. The Labute approximate surface area is 143 Å². The van der Waals surface area contributed by atoms with E-state index in [-0.39, 0.29) is 23.8 Å². The van der Waals surface area contributed by atoms with Gasteiger partial charge in [-0.15, -0.1) is 0 Å². The van der Waals surface area contributed by atoms with Crippen LogP contribution in [0.5, 0.6) is 0 Å². The lowest BCUT2D eigenvalue weighted by molar-refractivity contribution is -0.117. The Kier molecular flexibility index (Phi) is 4.93. The van der Waals surface area contributed by atoms with Crippen LogP contribution in [0.15, 0.2) is 47.4 Å². The summed E-state index contributed by atoms with van der Waals surface area (Å²) >= 11 is 0. The van der Waals surface area contributed by atoms with Crippen molar-refractivity contribution >= 4 is 11.6 Å². The third kappa shape index (κ3) is 3.93. The first kappa shape index (κ1) is 17.3. The second-order valence-electron chi connectivity index (χ2n) is 6.05. The van der Waals surface area contributed by atoms with Crippen LogP contribution in [0.25, 0.3) is 5.69 Å². The monoisotopic (exact) mass is 346 g/mol. The number of β-amino-alcohol motifs (C(OH)–C–C–N with tert-alkyl or cyclic N) is 1. The van der Waals surface area contributed by atoms with Crippen molar-refractivity contribution in [2.24, 2.45) is 5.73 Å². The van der Waals surface area contributed by atoms with Gasteiger partial charge < -0.3 is 16.2 Å². The maximum absolute atomic E-state index is 14.3. The molecule has 1 saturated heterocycles. The summed E-state index contributed by atoms with van der Waals surface area (Å²) < 4.78 is 15.6. The molecule has 2 atom stereocenters. The molecule has 4 N–H and O–H groups in total. The van der Waals surface area contributed by atoms with E-state index in [4.69, 9.17) is 5.73 Å². The Balaban J connectivity index is 1.68. The minimum Gasteiger partial charge on any atom is -0.390 e. The third-order valence-electron chi connectivity index (χ3n) is 4.10. The molecule has 3 rings (SSSR count). The number of nitrogens with one attached hydrogen (secondary N) is 1. The Morgan fingerprint density at radius 2 is 2.12 bits per heavy atom. The molecule has 132 valence electrons. The van der Waals surface area contributed by atoms with E-state index in [1.165, 1.54) is 29.0 Å². The van der Waals surface area contributed by atoms with E-state index < -0.39 is 17.8 Å². The Morgan fingerprint density at radius 1 is 1.32 bits per heavy atom. The van der Waals surface area contributed by atoms with E-state index in [0.717, 1.165) is 0 Å². The molecule has 1 fully saturated rings. The number of hydrogen-bond acceptors (Lipinski definition) is 5. The molecule has 0 bridgehead atoms. The van der Waals surface area contributed by atoms with Gasteiger partial charge in [0, 0.05) is 37.5 Å². The van der Waals surface area contributed by atoms with Crippen LogP contribution in [0.2, 0.25) is 0 Å². The molecule has 0 aliphatic carbocycles. The highest BCUT2D eigenvalue weighted by Gasteiger charge is 2.29. The molecular weight excluding hydrogens is 327 g/mol. The second kappa shape index (κ2) is 7.14. The molecule has 1 aliphatic rings. The van der Waals surface area contributed by atoms with Crippen molar-refractivity contribution in [1.29, 1.82) is 0 Å². The SMILES string of the molecule is N[C@H]1CN(CC(=O)Nc2ccc(-n3ccccc3=O)cc2F)C[C@@H]1O. The van der Waals surface area contributed by atoms with E-state index >= 15 is 0 Å². The van der Waals surface area contributed by atoms with Crippen molar-refractivity contribution in [3.05, 3.63) is 58.8 Å². The van der Waals surface area contributed by atoms with Crippen molar-refractivity contribution < 1.29 is 14.3 Å². The van der Waals surface area contributed by atoms with Gasteiger partial charge >= 0.3 is 0 Å². The molecule has 8 heteroatoms. The van der Waals surface area contributed by atoms with Gasteiger partial charge in [0.25, 0.3) is 5.56 Å². The van der Waals surface area contributed by atoms with Crippen LogP contribution in [0.3, 0.4) is 0 Å². The number of aliphatic hydroxyl groups excluding tert-OH is 1. The molecular formula is C17H19FN4O3. The fourth-order valence-electron chi connectivity index (χ4n) is 2.81. The van der Waals surface area contributed by atoms with E-state index in [2.05, 4.69) is 5.32 Å². The van der Waals surface area contributed by atoms with E-state index in [1.807, 2.05) is 0 Å². The number of rotatable bonds is 4. The number of carbonyl (C=O) groups excluding carboxylic acids is 1. The molecule has 1 aliphatic heterocycles. The number of anilines is 1. The fourth-order valence-corrected chi connectivity index (χ4v) is 2.81. The second-order valence-corrected chi connectivity index (χ2v) is 6.05. The van der Waals surface area contributed by atoms with Crippen molar-refractivity contribution in [3.8, 4) is 5.69 Å². The number of nitrogens with zero attached hydrogens (tertiary/aromatic N) is 2. The molecule has 0 radical (unpaired) electrons. The van der Waals surface area contributed by atoms with Crippen LogP contribution < -0.4 is 16.6 Å². The smallest absolute Gasteiger partial charge is 0.255 e. The first-order valence-corrected chi connectivity index (χ1v) is 7.87. The van der Waals surface area contributed by atoms with Gasteiger partial charge in [0.15, 0.2) is 0 Å². The number of pyridine rings is 1. The maximum atomic E-state index is 14.3. The quantitative estimate of drug-likeness (QED) is 0.719. The Bertz CT molecular complexity index is 829. The maximum Gasteiger partial charge on any atom is 0.255 e. The zero-order valence-corrected chi connectivity index (χ0v) is 13.4. The van der Waals surface area contributed by atoms with Crippen LogP contribution in [-0.4, -0.2) is 52.3 Å². The lowest BCUT2D eigenvalue weighted by Crippen LogP contribution is -2.34. The van der Waals surface area contributed by atoms with Crippen molar-refractivity contribution in [3.63, 3.8) is 0 Å². The van der Waals surface area contributed by atoms with Gasteiger partial charge in [-0.2, -0.15) is 0 Å². The molecule has 0 spiro atoms. The van der Waals surface area contributed by atoms with E-state index in [9.17, 15) is 19.1 Å². The first-order chi connectivity index (χ1) is 11.9. The fraction of sp³-hybridized carbons (Fsp3) is 0.294. The zero-order chi connectivity index (χ0) is 18.0. The van der Waals surface area contributed by atoms with E-state index in [1.54, 1.807) is 23.1 Å². The Morgan fingerprint density at radius 3 is 2.76 bits per heavy atom. The molecule has 0 saturated carbocycles. The predicted molar refractivity (Wildman–Crippen MR) is 91.0 cm³/mol. The summed E-state index contributed by atoms with van der Waals surface area (Å²) in [6.45, 7) is 0.740. The average Bonchev–Trinajstić information content (AvgIpc) is 2.87. The molecule has 0 unspecified atom stereocenters. The lowest BCUT2D eigenvalue weighted by atomic mass is 10.2. The molecule has 1 amide bonds. The van der Waals surface area contributed by atoms with Gasteiger partial charge in [0.2, 0.25) is 5.91 Å². The number of carbonyl (C=O) groups is 1. The third-order valence-corrected chi connectivity index (χ3v) is 4.10. The number of amides is 1. The molecule has 25 heavy (non-hydrogen) atoms. The highest BCUT2D eigenvalue weighted by Crippen LogP contribution is 2.18. The summed E-state index contributed by atoms with van der Waals surface area (Å²) in [7, 11) is 0. The summed E-state index contributed by atoms with van der Waals surface area (Å²) in [6, 6.07) is 8.42. The zero-order valence-electron chi connectivity index (χ0n) is 13.4. The van der Waals surface area contributed by atoms with Crippen LogP contribution in [0, 0.1) is 5.82 Å². The topological polar surface area (TPSA) is 101 Å². The summed E-state index contributed by atoms with van der Waals surface area (Å²) in [5.41, 5.74) is 5.82. The van der Waals surface area contributed by atoms with Gasteiger partial charge in [-0.3, -0.25) is 19.1 Å². The molecule has 2 aromatic rings. The van der Waals surface area contributed by atoms with Crippen molar-refractivity contribution in [2.45, 2.75) is 12.1 Å². The van der Waals surface area contributed by atoms with Gasteiger partial charge in [-0.05, 0) is 18.2 Å². The average molecular weight is 346 g/mol. The predicted octanol–water partition coefficient (Wildman–Crippen LogP) is -0.0811. The van der Waals surface area contributed by atoms with Crippen LogP contribution in [-0.2, 0) is 4.79 Å². The van der Waals surface area contributed by atoms with Crippen molar-refractivity contribution in [1.82, 2.24) is 9.47 Å². The first-order valence-electron chi connectivity index (χ1n) is 7.87. The van der Waals surface area contributed by atoms with Crippen LogP contribution >= 0.6 is 0 Å². The summed E-state index contributed by atoms with van der Waals surface area (Å²) in [6.07, 6.45) is 0.880. The number of benzene rings is 1. The largest absolute Gasteiger partial charge is 0.390 e. The lowest BCUT2D eigenvalue weighted by Gasteiger charge is -2.15. The number of halogens is 1. The van der Waals surface area contributed by atoms with Crippen LogP contribution in [0.4, 0.5) is 10.1 Å². The van der Waals surface area contributed by atoms with Gasteiger partial charge in [0.1, 0.15) is 5.82 Å². The summed E-state index contributed by atoms with van der Waals surface area (Å²) in [5, 5.41) is 12.1.